The molecule has 0 aliphatic carbocycles. The van der Waals surface area contributed by atoms with Gasteiger partial charge in [0.05, 0.1) is 24.0 Å². The number of ether oxygens (including phenoxy) is 1. The number of methoxy groups -OCH3 is 1. The van der Waals surface area contributed by atoms with Gasteiger partial charge in [-0.25, -0.2) is 0 Å². The van der Waals surface area contributed by atoms with Gasteiger partial charge in [-0.15, -0.1) is 0 Å². The number of ketones is 1. The number of carbonyl (C=O) groups excluding carboxylic acids is 3. The maximum atomic E-state index is 11.9. The van der Waals surface area contributed by atoms with Crippen LogP contribution in [0.15, 0.2) is 24.3 Å². The molecule has 0 saturated carbocycles. The molecule has 0 spiro atoms. The Morgan fingerprint density at radius 3 is 2.26 bits per heavy atom. The summed E-state index contributed by atoms with van der Waals surface area (Å²) in [6, 6.07) is 5.08. The maximum Gasteiger partial charge on any atom is 0.311 e. The standard InChI is InChI=1S/C15H18N2O6/c1-15(2,14(20)23-3)8-13(19)16-9-12(18)10-4-6-11(7-5-10)17(21)22/h4-7H,8-9H2,1-3H3,(H,16,19). The van der Waals surface area contributed by atoms with Crippen LogP contribution in [0.1, 0.15) is 30.6 Å². The first-order valence-corrected chi connectivity index (χ1v) is 6.80. The third-order valence-corrected chi connectivity index (χ3v) is 3.19. The Hall–Kier alpha value is -2.77. The highest BCUT2D eigenvalue weighted by molar-refractivity contribution is 5.99. The van der Waals surface area contributed by atoms with Gasteiger partial charge in [-0.05, 0) is 26.0 Å². The Morgan fingerprint density at radius 2 is 1.78 bits per heavy atom. The Labute approximate surface area is 133 Å². The molecule has 1 aromatic rings. The van der Waals surface area contributed by atoms with Crippen LogP contribution >= 0.6 is 0 Å². The number of Topliss-reactive ketones (excluding diaryl/α,β-unsaturated/α-hetero) is 1. The van der Waals surface area contributed by atoms with Crippen molar-refractivity contribution in [2.24, 2.45) is 5.41 Å². The van der Waals surface area contributed by atoms with Crippen molar-refractivity contribution in [1.29, 1.82) is 0 Å². The van der Waals surface area contributed by atoms with Crippen molar-refractivity contribution >= 4 is 23.3 Å². The number of esters is 1. The van der Waals surface area contributed by atoms with Crippen LogP contribution in [0.2, 0.25) is 0 Å². The molecule has 0 unspecified atom stereocenters. The minimum atomic E-state index is -0.991. The van der Waals surface area contributed by atoms with Crippen LogP contribution in [0.25, 0.3) is 0 Å². The number of hydrogen-bond donors (Lipinski definition) is 1. The fraction of sp³-hybridized carbons (Fsp3) is 0.400. The second-order valence-corrected chi connectivity index (χ2v) is 5.56. The van der Waals surface area contributed by atoms with E-state index < -0.39 is 22.2 Å². The van der Waals surface area contributed by atoms with Crippen molar-refractivity contribution in [3.05, 3.63) is 39.9 Å². The summed E-state index contributed by atoms with van der Waals surface area (Å²) in [6.07, 6.45) is -0.118. The van der Waals surface area contributed by atoms with Gasteiger partial charge in [0, 0.05) is 24.1 Å². The van der Waals surface area contributed by atoms with Crippen molar-refractivity contribution < 1.29 is 24.0 Å². The highest BCUT2D eigenvalue weighted by Gasteiger charge is 2.31. The SMILES string of the molecule is COC(=O)C(C)(C)CC(=O)NCC(=O)c1ccc([N+](=O)[O-])cc1. The normalized spacial score (nSPS) is 10.7. The monoisotopic (exact) mass is 322 g/mol. The summed E-state index contributed by atoms with van der Waals surface area (Å²) in [5.41, 5.74) is -0.858. The summed E-state index contributed by atoms with van der Waals surface area (Å²) >= 11 is 0. The summed E-state index contributed by atoms with van der Waals surface area (Å²) in [5, 5.41) is 13.0. The molecule has 8 heteroatoms. The Bertz CT molecular complexity index is 621. The number of carbonyl (C=O) groups is 3. The van der Waals surface area contributed by atoms with E-state index in [1.54, 1.807) is 13.8 Å². The van der Waals surface area contributed by atoms with Crippen LogP contribution < -0.4 is 5.32 Å². The second kappa shape index (κ2) is 7.48. The van der Waals surface area contributed by atoms with Crippen molar-refractivity contribution in [2.45, 2.75) is 20.3 Å². The van der Waals surface area contributed by atoms with Crippen LogP contribution in [-0.4, -0.2) is 36.2 Å². The van der Waals surface area contributed by atoms with Gasteiger partial charge in [-0.1, -0.05) is 0 Å². The van der Waals surface area contributed by atoms with E-state index in [1.165, 1.54) is 31.4 Å². The Kier molecular flexibility index (Phi) is 5.94. The van der Waals surface area contributed by atoms with E-state index in [2.05, 4.69) is 10.1 Å². The summed E-state index contributed by atoms with van der Waals surface area (Å²) in [7, 11) is 1.24. The van der Waals surface area contributed by atoms with Gasteiger partial charge in [0.25, 0.3) is 5.69 Å². The molecule has 0 fully saturated rings. The van der Waals surface area contributed by atoms with Crippen LogP contribution in [0.5, 0.6) is 0 Å². The number of rotatable bonds is 7. The second-order valence-electron chi connectivity index (χ2n) is 5.56. The van der Waals surface area contributed by atoms with E-state index in [0.717, 1.165) is 0 Å². The molecule has 0 saturated heterocycles. The average Bonchev–Trinajstić information content (AvgIpc) is 2.51. The number of amides is 1. The van der Waals surface area contributed by atoms with Gasteiger partial charge < -0.3 is 10.1 Å². The number of non-ortho nitro benzene ring substituents is 1. The molecule has 0 bridgehead atoms. The largest absolute Gasteiger partial charge is 0.469 e. The van der Waals surface area contributed by atoms with E-state index in [1.807, 2.05) is 0 Å². The number of nitrogens with zero attached hydrogens (tertiary/aromatic N) is 1. The van der Waals surface area contributed by atoms with Gasteiger partial charge in [-0.2, -0.15) is 0 Å². The van der Waals surface area contributed by atoms with Gasteiger partial charge >= 0.3 is 5.97 Å². The van der Waals surface area contributed by atoms with Gasteiger partial charge in [0.1, 0.15) is 0 Å². The van der Waals surface area contributed by atoms with Gasteiger partial charge in [0.15, 0.2) is 5.78 Å². The van der Waals surface area contributed by atoms with Crippen LogP contribution in [0.3, 0.4) is 0 Å². The highest BCUT2D eigenvalue weighted by atomic mass is 16.6. The first-order chi connectivity index (χ1) is 10.7. The molecule has 0 aromatic heterocycles. The van der Waals surface area contributed by atoms with E-state index in [4.69, 9.17) is 0 Å². The Balaban J connectivity index is 2.57. The average molecular weight is 322 g/mol. The van der Waals surface area contributed by atoms with Crippen LogP contribution in [0, 0.1) is 15.5 Å². The predicted octanol–water partition coefficient (Wildman–Crippen LogP) is 1.48. The molecule has 23 heavy (non-hydrogen) atoms. The fourth-order valence-corrected chi connectivity index (χ4v) is 1.86. The molecule has 0 heterocycles. The minimum Gasteiger partial charge on any atom is -0.469 e. The highest BCUT2D eigenvalue weighted by Crippen LogP contribution is 2.21. The first kappa shape index (κ1) is 18.3. The molecule has 8 nitrogen and oxygen atoms in total. The smallest absolute Gasteiger partial charge is 0.311 e. The zero-order valence-electron chi connectivity index (χ0n) is 13.1. The molecule has 1 rings (SSSR count). The molecule has 1 N–H and O–H groups in total. The lowest BCUT2D eigenvalue weighted by molar-refractivity contribution is -0.384. The summed E-state index contributed by atoms with van der Waals surface area (Å²) in [5.74, 6) is -1.37. The van der Waals surface area contributed by atoms with Gasteiger partial charge in [-0.3, -0.25) is 24.5 Å². The number of nitro groups is 1. The van der Waals surface area contributed by atoms with E-state index in [9.17, 15) is 24.5 Å². The molecule has 0 aliphatic heterocycles. The van der Waals surface area contributed by atoms with Crippen molar-refractivity contribution in [3.8, 4) is 0 Å². The molecule has 0 atom stereocenters. The number of nitro benzene ring substituents is 1. The summed E-state index contributed by atoms with van der Waals surface area (Å²) in [4.78, 5) is 45.2. The molecular weight excluding hydrogens is 304 g/mol. The molecule has 0 radical (unpaired) electrons. The lowest BCUT2D eigenvalue weighted by Crippen LogP contribution is -2.36. The van der Waals surface area contributed by atoms with Crippen molar-refractivity contribution in [1.82, 2.24) is 5.32 Å². The predicted molar refractivity (Wildman–Crippen MR) is 80.9 cm³/mol. The number of hydrogen-bond acceptors (Lipinski definition) is 6. The maximum absolute atomic E-state index is 11.9. The lowest BCUT2D eigenvalue weighted by atomic mass is 9.89. The van der Waals surface area contributed by atoms with E-state index in [-0.39, 0.29) is 30.0 Å². The topological polar surface area (TPSA) is 116 Å². The molecule has 1 aromatic carbocycles. The molecule has 0 aliphatic rings. The minimum absolute atomic E-state index is 0.118. The van der Waals surface area contributed by atoms with E-state index >= 15 is 0 Å². The summed E-state index contributed by atoms with van der Waals surface area (Å²) in [6.45, 7) is 2.88. The molecule has 1 amide bonds. The zero-order chi connectivity index (χ0) is 17.6. The molecule has 124 valence electrons. The first-order valence-electron chi connectivity index (χ1n) is 6.80. The lowest BCUT2D eigenvalue weighted by Gasteiger charge is -2.20. The van der Waals surface area contributed by atoms with Gasteiger partial charge in [0.2, 0.25) is 5.91 Å². The Morgan fingerprint density at radius 1 is 1.22 bits per heavy atom. The van der Waals surface area contributed by atoms with Crippen LogP contribution in [-0.2, 0) is 14.3 Å². The third kappa shape index (κ3) is 5.17. The van der Waals surface area contributed by atoms with Crippen LogP contribution in [0.4, 0.5) is 5.69 Å². The van der Waals surface area contributed by atoms with Crippen molar-refractivity contribution in [2.75, 3.05) is 13.7 Å². The quantitative estimate of drug-likeness (QED) is 0.352. The zero-order valence-corrected chi connectivity index (χ0v) is 13.1. The van der Waals surface area contributed by atoms with Crippen molar-refractivity contribution in [3.63, 3.8) is 0 Å². The van der Waals surface area contributed by atoms with E-state index in [0.29, 0.717) is 0 Å². The molecular formula is C15H18N2O6. The number of nitrogens with one attached hydrogen (secondary N) is 1. The summed E-state index contributed by atoms with van der Waals surface area (Å²) < 4.78 is 4.60. The third-order valence-electron chi connectivity index (χ3n) is 3.19. The number of benzene rings is 1. The fourth-order valence-electron chi connectivity index (χ4n) is 1.86.